The predicted molar refractivity (Wildman–Crippen MR) is 89.9 cm³/mol. The number of halogens is 1. The third-order valence-electron chi connectivity index (χ3n) is 3.44. The molecule has 1 aromatic heterocycles. The molecule has 0 aliphatic carbocycles. The number of thiophene rings is 1. The molecule has 0 aliphatic heterocycles. The molecule has 1 nitrogen and oxygen atoms in total. The van der Waals surface area contributed by atoms with E-state index >= 15 is 0 Å². The van der Waals surface area contributed by atoms with Crippen LogP contribution in [-0.4, -0.2) is 12.6 Å². The van der Waals surface area contributed by atoms with Crippen molar-refractivity contribution in [3.63, 3.8) is 0 Å². The minimum Gasteiger partial charge on any atom is -0.314 e. The summed E-state index contributed by atoms with van der Waals surface area (Å²) in [5, 5.41) is 6.57. The monoisotopic (exact) mass is 307 g/mol. The maximum absolute atomic E-state index is 5.94. The molecule has 0 spiro atoms. The van der Waals surface area contributed by atoms with E-state index < -0.39 is 0 Å². The van der Waals surface area contributed by atoms with Gasteiger partial charge in [-0.2, -0.15) is 0 Å². The van der Waals surface area contributed by atoms with E-state index in [1.807, 2.05) is 23.5 Å². The van der Waals surface area contributed by atoms with Crippen LogP contribution in [0, 0.1) is 0 Å². The molecular weight excluding hydrogens is 286 g/mol. The average Bonchev–Trinajstić information content (AvgIpc) is 2.95. The molecule has 2 rings (SSSR count). The molecule has 1 N–H and O–H groups in total. The third-order valence-corrected chi connectivity index (χ3v) is 4.63. The van der Waals surface area contributed by atoms with Gasteiger partial charge in [0.2, 0.25) is 0 Å². The maximum atomic E-state index is 5.94. The molecule has 108 valence electrons. The highest BCUT2D eigenvalue weighted by Gasteiger charge is 2.08. The van der Waals surface area contributed by atoms with Crippen LogP contribution in [0.15, 0.2) is 41.8 Å². The topological polar surface area (TPSA) is 12.0 Å². The van der Waals surface area contributed by atoms with E-state index in [4.69, 9.17) is 11.6 Å². The van der Waals surface area contributed by atoms with Gasteiger partial charge < -0.3 is 5.32 Å². The summed E-state index contributed by atoms with van der Waals surface area (Å²) in [6.45, 7) is 3.20. The summed E-state index contributed by atoms with van der Waals surface area (Å²) in [7, 11) is 0. The van der Waals surface area contributed by atoms with Gasteiger partial charge >= 0.3 is 0 Å². The first kappa shape index (κ1) is 15.6. The number of aryl methyl sites for hydroxylation is 1. The molecule has 0 bridgehead atoms. The van der Waals surface area contributed by atoms with Crippen molar-refractivity contribution in [2.45, 2.75) is 38.6 Å². The molecule has 1 unspecified atom stereocenters. The molecule has 20 heavy (non-hydrogen) atoms. The highest BCUT2D eigenvalue weighted by Crippen LogP contribution is 2.16. The van der Waals surface area contributed by atoms with Crippen molar-refractivity contribution >= 4 is 22.9 Å². The molecule has 1 atom stereocenters. The van der Waals surface area contributed by atoms with Gasteiger partial charge in [-0.3, -0.25) is 0 Å². The van der Waals surface area contributed by atoms with Crippen LogP contribution in [-0.2, 0) is 12.8 Å². The van der Waals surface area contributed by atoms with Crippen LogP contribution in [0.2, 0.25) is 5.02 Å². The first-order valence-corrected chi connectivity index (χ1v) is 8.54. The summed E-state index contributed by atoms with van der Waals surface area (Å²) in [4.78, 5) is 1.49. The first-order chi connectivity index (χ1) is 9.78. The van der Waals surface area contributed by atoms with E-state index in [0.717, 1.165) is 18.0 Å². The normalized spacial score (nSPS) is 12.5. The number of hydrogen-bond acceptors (Lipinski definition) is 2. The second kappa shape index (κ2) is 8.46. The number of benzene rings is 1. The molecule has 0 aliphatic rings. The van der Waals surface area contributed by atoms with Gasteiger partial charge in [0.25, 0.3) is 0 Å². The molecular formula is C17H22ClNS. The smallest absolute Gasteiger partial charge is 0.0406 e. The Kier molecular flexibility index (Phi) is 6.58. The quantitative estimate of drug-likeness (QED) is 0.728. The summed E-state index contributed by atoms with van der Waals surface area (Å²) >= 11 is 7.79. The third kappa shape index (κ3) is 5.28. The van der Waals surface area contributed by atoms with E-state index in [1.165, 1.54) is 29.7 Å². The summed E-state index contributed by atoms with van der Waals surface area (Å²) in [5.74, 6) is 0. The van der Waals surface area contributed by atoms with Gasteiger partial charge in [-0.15, -0.1) is 11.3 Å². The fourth-order valence-electron chi connectivity index (χ4n) is 2.45. The van der Waals surface area contributed by atoms with E-state index in [0.29, 0.717) is 6.04 Å². The Balaban J connectivity index is 1.81. The van der Waals surface area contributed by atoms with Gasteiger partial charge in [0.1, 0.15) is 0 Å². The number of nitrogens with one attached hydrogen (secondary N) is 1. The fourth-order valence-corrected chi connectivity index (χ4v) is 3.32. The van der Waals surface area contributed by atoms with Crippen LogP contribution in [0.5, 0.6) is 0 Å². The Bertz CT molecular complexity index is 478. The maximum Gasteiger partial charge on any atom is 0.0406 e. The minimum atomic E-state index is 0.557. The van der Waals surface area contributed by atoms with Gasteiger partial charge in [-0.1, -0.05) is 36.7 Å². The number of likely N-dealkylation sites (N-methyl/N-ethyl adjacent to an activating group) is 1. The zero-order valence-electron chi connectivity index (χ0n) is 11.9. The predicted octanol–water partition coefficient (Wildman–Crippen LogP) is 4.95. The van der Waals surface area contributed by atoms with Crippen molar-refractivity contribution in [1.29, 1.82) is 0 Å². The minimum absolute atomic E-state index is 0.557. The lowest BCUT2D eigenvalue weighted by molar-refractivity contribution is 0.477. The summed E-state index contributed by atoms with van der Waals surface area (Å²) < 4.78 is 0. The van der Waals surface area contributed by atoms with Crippen molar-refractivity contribution in [2.75, 3.05) is 6.54 Å². The molecule has 3 heteroatoms. The van der Waals surface area contributed by atoms with Crippen molar-refractivity contribution in [2.24, 2.45) is 0 Å². The largest absolute Gasteiger partial charge is 0.314 e. The lowest BCUT2D eigenvalue weighted by Gasteiger charge is -2.18. The van der Waals surface area contributed by atoms with Crippen LogP contribution in [0.3, 0.4) is 0 Å². The average molecular weight is 308 g/mol. The van der Waals surface area contributed by atoms with Crippen LogP contribution in [0.4, 0.5) is 0 Å². The standard InChI is InChI=1S/C17H22ClNS/c1-2-19-16(5-3-6-17-7-4-12-20-17)13-14-8-10-15(18)11-9-14/h4,7-12,16,19H,2-3,5-6,13H2,1H3. The number of rotatable bonds is 8. The van der Waals surface area contributed by atoms with E-state index in [-0.39, 0.29) is 0 Å². The molecule has 0 saturated heterocycles. The second-order valence-electron chi connectivity index (χ2n) is 5.06. The Labute approximate surface area is 131 Å². The van der Waals surface area contributed by atoms with Crippen LogP contribution >= 0.6 is 22.9 Å². The Morgan fingerprint density at radius 2 is 2.00 bits per heavy atom. The molecule has 0 fully saturated rings. The summed E-state index contributed by atoms with van der Waals surface area (Å²) in [5.41, 5.74) is 1.36. The Morgan fingerprint density at radius 1 is 1.20 bits per heavy atom. The first-order valence-electron chi connectivity index (χ1n) is 7.28. The van der Waals surface area contributed by atoms with E-state index in [2.05, 4.69) is 41.9 Å². The zero-order chi connectivity index (χ0) is 14.2. The lowest BCUT2D eigenvalue weighted by atomic mass is 10.0. The van der Waals surface area contributed by atoms with E-state index in [1.54, 1.807) is 0 Å². The van der Waals surface area contributed by atoms with Crippen LogP contribution in [0.1, 0.15) is 30.2 Å². The van der Waals surface area contributed by atoms with Crippen molar-refractivity contribution < 1.29 is 0 Å². The van der Waals surface area contributed by atoms with Gasteiger partial charge in [0, 0.05) is 15.9 Å². The van der Waals surface area contributed by atoms with Gasteiger partial charge in [-0.05, 0) is 61.4 Å². The lowest BCUT2D eigenvalue weighted by Crippen LogP contribution is -2.31. The summed E-state index contributed by atoms with van der Waals surface area (Å²) in [6, 6.07) is 13.1. The van der Waals surface area contributed by atoms with Crippen LogP contribution < -0.4 is 5.32 Å². The van der Waals surface area contributed by atoms with Crippen molar-refractivity contribution in [3.05, 3.63) is 57.2 Å². The van der Waals surface area contributed by atoms with Gasteiger partial charge in [0.05, 0.1) is 0 Å². The van der Waals surface area contributed by atoms with Crippen molar-refractivity contribution in [1.82, 2.24) is 5.32 Å². The SMILES string of the molecule is CCNC(CCCc1cccs1)Cc1ccc(Cl)cc1. The molecule has 0 saturated carbocycles. The molecule has 1 aromatic carbocycles. The second-order valence-corrected chi connectivity index (χ2v) is 6.53. The van der Waals surface area contributed by atoms with Crippen molar-refractivity contribution in [3.8, 4) is 0 Å². The molecule has 0 amide bonds. The molecule has 0 radical (unpaired) electrons. The van der Waals surface area contributed by atoms with E-state index in [9.17, 15) is 0 Å². The molecule has 2 aromatic rings. The van der Waals surface area contributed by atoms with Crippen LogP contribution in [0.25, 0.3) is 0 Å². The Morgan fingerprint density at radius 3 is 2.65 bits per heavy atom. The highest BCUT2D eigenvalue weighted by molar-refractivity contribution is 7.09. The number of hydrogen-bond donors (Lipinski definition) is 1. The highest BCUT2D eigenvalue weighted by atomic mass is 35.5. The fraction of sp³-hybridized carbons (Fsp3) is 0.412. The Hall–Kier alpha value is -0.830. The zero-order valence-corrected chi connectivity index (χ0v) is 13.5. The van der Waals surface area contributed by atoms with Gasteiger partial charge in [-0.25, -0.2) is 0 Å². The summed E-state index contributed by atoms with van der Waals surface area (Å²) in [6.07, 6.45) is 4.73. The van der Waals surface area contributed by atoms with Gasteiger partial charge in [0.15, 0.2) is 0 Å². The molecule has 1 heterocycles.